The fraction of sp³-hybridized carbons (Fsp3) is 0.625. The first-order valence-electron chi connectivity index (χ1n) is 7.40. The summed E-state index contributed by atoms with van der Waals surface area (Å²) in [5, 5.41) is 3.32. The van der Waals surface area contributed by atoms with E-state index in [0.717, 1.165) is 26.2 Å². The van der Waals surface area contributed by atoms with Crippen molar-refractivity contribution < 1.29 is 4.74 Å². The highest BCUT2D eigenvalue weighted by atomic mass is 16.5. The van der Waals surface area contributed by atoms with E-state index in [1.165, 1.54) is 18.4 Å². The fourth-order valence-corrected chi connectivity index (χ4v) is 2.85. The molecule has 1 saturated heterocycles. The summed E-state index contributed by atoms with van der Waals surface area (Å²) >= 11 is 0. The summed E-state index contributed by atoms with van der Waals surface area (Å²) in [5.74, 6) is 0. The summed E-state index contributed by atoms with van der Waals surface area (Å²) in [6.07, 6.45) is 2.84. The number of ether oxygens (including phenoxy) is 1. The van der Waals surface area contributed by atoms with Gasteiger partial charge < -0.3 is 10.1 Å². The van der Waals surface area contributed by atoms with Gasteiger partial charge in [-0.2, -0.15) is 0 Å². The van der Waals surface area contributed by atoms with Crippen LogP contribution in [0.25, 0.3) is 0 Å². The molecular weight excluding hydrogens is 236 g/mol. The highest BCUT2D eigenvalue weighted by Gasteiger charge is 2.24. The Labute approximate surface area is 116 Å². The Morgan fingerprint density at radius 2 is 2.16 bits per heavy atom. The molecule has 1 N–H and O–H groups in total. The summed E-state index contributed by atoms with van der Waals surface area (Å²) in [6.45, 7) is 6.24. The molecule has 1 aliphatic heterocycles. The van der Waals surface area contributed by atoms with Crippen molar-refractivity contribution in [2.45, 2.75) is 31.9 Å². The average Bonchev–Trinajstić information content (AvgIpc) is 2.96. The Morgan fingerprint density at radius 1 is 1.37 bits per heavy atom. The molecule has 0 bridgehead atoms. The molecule has 0 aromatic heterocycles. The van der Waals surface area contributed by atoms with E-state index in [1.54, 1.807) is 0 Å². The lowest BCUT2D eigenvalue weighted by Gasteiger charge is -2.32. The van der Waals surface area contributed by atoms with Crippen LogP contribution in [-0.4, -0.2) is 44.3 Å². The van der Waals surface area contributed by atoms with Gasteiger partial charge in [-0.15, -0.1) is 0 Å². The van der Waals surface area contributed by atoms with E-state index in [-0.39, 0.29) is 0 Å². The molecular formula is C16H26N2O. The largest absolute Gasteiger partial charge is 0.377 e. The predicted octanol–water partition coefficient (Wildman–Crippen LogP) is 2.45. The molecule has 2 rings (SSSR count). The molecule has 2 atom stereocenters. The first-order chi connectivity index (χ1) is 9.35. The van der Waals surface area contributed by atoms with Crippen molar-refractivity contribution >= 4 is 0 Å². The fourth-order valence-electron chi connectivity index (χ4n) is 2.85. The number of likely N-dealkylation sites (N-methyl/N-ethyl adjacent to an activating group) is 2. The van der Waals surface area contributed by atoms with Crippen LogP contribution in [0.1, 0.15) is 31.4 Å². The van der Waals surface area contributed by atoms with E-state index in [4.69, 9.17) is 4.74 Å². The first kappa shape index (κ1) is 14.5. The van der Waals surface area contributed by atoms with Crippen molar-refractivity contribution in [3.05, 3.63) is 35.9 Å². The van der Waals surface area contributed by atoms with Crippen molar-refractivity contribution in [2.24, 2.45) is 0 Å². The second-order valence-electron chi connectivity index (χ2n) is 5.21. The lowest BCUT2D eigenvalue weighted by Crippen LogP contribution is -2.39. The Morgan fingerprint density at radius 3 is 2.74 bits per heavy atom. The second kappa shape index (κ2) is 7.63. The van der Waals surface area contributed by atoms with Gasteiger partial charge >= 0.3 is 0 Å². The smallest absolute Gasteiger partial charge is 0.0703 e. The second-order valence-corrected chi connectivity index (χ2v) is 5.21. The molecule has 19 heavy (non-hydrogen) atoms. The lowest BCUT2D eigenvalue weighted by molar-refractivity contribution is 0.0589. The number of hydrogen-bond acceptors (Lipinski definition) is 3. The van der Waals surface area contributed by atoms with Gasteiger partial charge in [0, 0.05) is 25.7 Å². The van der Waals surface area contributed by atoms with Crippen LogP contribution in [0.15, 0.2) is 30.3 Å². The van der Waals surface area contributed by atoms with Gasteiger partial charge in [0.25, 0.3) is 0 Å². The van der Waals surface area contributed by atoms with Crippen LogP contribution in [0.4, 0.5) is 0 Å². The minimum atomic E-state index is 0.419. The zero-order valence-corrected chi connectivity index (χ0v) is 12.1. The maximum Gasteiger partial charge on any atom is 0.0703 e. The van der Waals surface area contributed by atoms with Crippen molar-refractivity contribution in [2.75, 3.05) is 33.3 Å². The zero-order valence-electron chi connectivity index (χ0n) is 12.1. The van der Waals surface area contributed by atoms with Crippen LogP contribution in [0.5, 0.6) is 0 Å². The van der Waals surface area contributed by atoms with Crippen LogP contribution in [0.3, 0.4) is 0 Å². The van der Waals surface area contributed by atoms with Crippen LogP contribution < -0.4 is 5.32 Å². The SMILES string of the molecule is CCN(CC1CCCO1)C(CNC)c1ccccc1. The highest BCUT2D eigenvalue weighted by Crippen LogP contribution is 2.22. The molecule has 0 aliphatic carbocycles. The summed E-state index contributed by atoms with van der Waals surface area (Å²) < 4.78 is 5.79. The molecule has 3 nitrogen and oxygen atoms in total. The third kappa shape index (κ3) is 4.03. The minimum Gasteiger partial charge on any atom is -0.377 e. The summed E-state index contributed by atoms with van der Waals surface area (Å²) in [6, 6.07) is 11.2. The van der Waals surface area contributed by atoms with Gasteiger partial charge in [-0.1, -0.05) is 37.3 Å². The van der Waals surface area contributed by atoms with E-state index in [1.807, 2.05) is 7.05 Å². The molecule has 0 amide bonds. The lowest BCUT2D eigenvalue weighted by atomic mass is 10.0. The first-order valence-corrected chi connectivity index (χ1v) is 7.40. The number of nitrogens with one attached hydrogen (secondary N) is 1. The van der Waals surface area contributed by atoms with Gasteiger partial charge in [0.15, 0.2) is 0 Å². The van der Waals surface area contributed by atoms with Crippen LogP contribution in [0, 0.1) is 0 Å². The summed E-state index contributed by atoms with van der Waals surface area (Å²) in [4.78, 5) is 2.53. The molecule has 1 aromatic rings. The highest BCUT2D eigenvalue weighted by molar-refractivity contribution is 5.19. The molecule has 0 radical (unpaired) electrons. The molecule has 2 unspecified atom stereocenters. The van der Waals surface area contributed by atoms with Gasteiger partial charge in [0.05, 0.1) is 6.10 Å². The molecule has 1 heterocycles. The molecule has 106 valence electrons. The quantitative estimate of drug-likeness (QED) is 0.817. The maximum absolute atomic E-state index is 5.79. The Kier molecular flexibility index (Phi) is 5.83. The molecule has 1 aliphatic rings. The van der Waals surface area contributed by atoms with Gasteiger partial charge in [-0.25, -0.2) is 0 Å². The van der Waals surface area contributed by atoms with Crippen molar-refractivity contribution in [1.82, 2.24) is 10.2 Å². The van der Waals surface area contributed by atoms with Gasteiger partial charge in [0.1, 0.15) is 0 Å². The topological polar surface area (TPSA) is 24.5 Å². The minimum absolute atomic E-state index is 0.419. The zero-order chi connectivity index (χ0) is 13.5. The molecule has 1 aromatic carbocycles. The molecule has 1 fully saturated rings. The van der Waals surface area contributed by atoms with E-state index in [2.05, 4.69) is 47.5 Å². The van der Waals surface area contributed by atoms with Gasteiger partial charge in [-0.3, -0.25) is 4.90 Å². The summed E-state index contributed by atoms with van der Waals surface area (Å²) in [7, 11) is 2.02. The van der Waals surface area contributed by atoms with Crippen LogP contribution in [0.2, 0.25) is 0 Å². The predicted molar refractivity (Wildman–Crippen MR) is 79.3 cm³/mol. The normalized spacial score (nSPS) is 20.9. The van der Waals surface area contributed by atoms with Crippen LogP contribution >= 0.6 is 0 Å². The standard InChI is InChI=1S/C16H26N2O/c1-3-18(13-15-10-7-11-19-15)16(12-17-2)14-8-5-4-6-9-14/h4-6,8-9,15-17H,3,7,10-13H2,1-2H3. The number of rotatable bonds is 7. The van der Waals surface area contributed by atoms with Gasteiger partial charge in [-0.05, 0) is 32.0 Å². The van der Waals surface area contributed by atoms with Crippen LogP contribution in [-0.2, 0) is 4.74 Å². The molecule has 3 heteroatoms. The number of nitrogens with zero attached hydrogens (tertiary/aromatic N) is 1. The van der Waals surface area contributed by atoms with Gasteiger partial charge in [0.2, 0.25) is 0 Å². The maximum atomic E-state index is 5.79. The van der Waals surface area contributed by atoms with Crippen molar-refractivity contribution in [3.8, 4) is 0 Å². The van der Waals surface area contributed by atoms with Crippen molar-refractivity contribution in [3.63, 3.8) is 0 Å². The molecule has 0 spiro atoms. The van der Waals surface area contributed by atoms with E-state index < -0.39 is 0 Å². The third-order valence-electron chi connectivity index (χ3n) is 3.89. The Hall–Kier alpha value is -0.900. The van der Waals surface area contributed by atoms with E-state index in [9.17, 15) is 0 Å². The monoisotopic (exact) mass is 262 g/mol. The third-order valence-corrected chi connectivity index (χ3v) is 3.89. The Bertz CT molecular complexity index is 349. The molecule has 0 saturated carbocycles. The average molecular weight is 262 g/mol. The van der Waals surface area contributed by atoms with Crippen molar-refractivity contribution in [1.29, 1.82) is 0 Å². The number of benzene rings is 1. The van der Waals surface area contributed by atoms with E-state index in [0.29, 0.717) is 12.1 Å². The summed E-state index contributed by atoms with van der Waals surface area (Å²) in [5.41, 5.74) is 1.39. The van der Waals surface area contributed by atoms with E-state index >= 15 is 0 Å². The number of hydrogen-bond donors (Lipinski definition) is 1. The Balaban J connectivity index is 2.06.